The number of aromatic carboxylic acids is 1. The molecule has 1 aromatic carbocycles. The molecule has 1 heterocycles. The quantitative estimate of drug-likeness (QED) is 0.185. The van der Waals surface area contributed by atoms with Crippen LogP contribution >= 0.6 is 0 Å². The number of carboxylic acid groups (broad SMARTS) is 1. The zero-order valence-electron chi connectivity index (χ0n) is 15.7. The van der Waals surface area contributed by atoms with Crippen molar-refractivity contribution in [1.82, 2.24) is 4.90 Å². The van der Waals surface area contributed by atoms with Crippen LogP contribution in [0.5, 0.6) is 11.5 Å². The third-order valence-corrected chi connectivity index (χ3v) is 5.43. The van der Waals surface area contributed by atoms with Gasteiger partial charge in [-0.15, -0.1) is 0 Å². The number of hydrogen-bond donors (Lipinski definition) is 7. The van der Waals surface area contributed by atoms with Crippen molar-refractivity contribution in [1.29, 1.82) is 0 Å². The van der Waals surface area contributed by atoms with Crippen LogP contribution in [0, 0.1) is 0 Å². The molecule has 2 aliphatic rings. The zero-order chi connectivity index (χ0) is 21.3. The number of phenols is 1. The van der Waals surface area contributed by atoms with Crippen LogP contribution in [0.2, 0.25) is 5.82 Å². The molecular weight excluding hydrogens is 383 g/mol. The Morgan fingerprint density at radius 1 is 1.24 bits per heavy atom. The number of nitrogens with zero attached hydrogens (tertiary/aromatic N) is 1. The van der Waals surface area contributed by atoms with Gasteiger partial charge in [-0.05, 0) is 6.07 Å². The highest BCUT2D eigenvalue weighted by atomic mass is 16.5. The predicted molar refractivity (Wildman–Crippen MR) is 103 cm³/mol. The van der Waals surface area contributed by atoms with Crippen LogP contribution in [0.1, 0.15) is 21.8 Å². The number of ether oxygens (including phenoxy) is 1. The first-order chi connectivity index (χ1) is 13.7. The summed E-state index contributed by atoms with van der Waals surface area (Å²) < 4.78 is 5.73. The van der Waals surface area contributed by atoms with Crippen molar-refractivity contribution in [3.8, 4) is 11.5 Å². The number of nitrogens with two attached hydrogens (primary N) is 1. The van der Waals surface area contributed by atoms with Gasteiger partial charge in [-0.1, -0.05) is 18.2 Å². The second-order valence-electron chi connectivity index (χ2n) is 7.70. The van der Waals surface area contributed by atoms with Gasteiger partial charge in [0, 0.05) is 36.9 Å². The summed E-state index contributed by atoms with van der Waals surface area (Å²) in [6, 6.07) is 2.96. The summed E-state index contributed by atoms with van der Waals surface area (Å²) in [5, 5.41) is 57.3. The molecule has 10 nitrogen and oxygen atoms in total. The highest BCUT2D eigenvalue weighted by Gasteiger charge is 2.39. The van der Waals surface area contributed by atoms with Gasteiger partial charge in [0.25, 0.3) is 0 Å². The van der Waals surface area contributed by atoms with E-state index >= 15 is 0 Å². The molecule has 1 aromatic rings. The monoisotopic (exact) mass is 408 g/mol. The SMILES string of the molecule is NC(CO)(CO)CN1CC(Oc2ccc([C@H]3C=C[C@H]3B(O)O)c(O)c2C(=O)O)C1. The van der Waals surface area contributed by atoms with Crippen LogP contribution in [-0.2, 0) is 0 Å². The normalized spacial score (nSPS) is 22.1. The van der Waals surface area contributed by atoms with Crippen molar-refractivity contribution in [2.45, 2.75) is 23.4 Å². The fourth-order valence-electron chi connectivity index (χ4n) is 3.61. The maximum atomic E-state index is 11.7. The Morgan fingerprint density at radius 3 is 2.38 bits per heavy atom. The fourth-order valence-corrected chi connectivity index (χ4v) is 3.61. The number of carbonyl (C=O) groups is 1. The van der Waals surface area contributed by atoms with E-state index in [4.69, 9.17) is 10.5 Å². The van der Waals surface area contributed by atoms with Crippen LogP contribution in [0.25, 0.3) is 0 Å². The second kappa shape index (κ2) is 8.30. The molecule has 0 spiro atoms. The second-order valence-corrected chi connectivity index (χ2v) is 7.70. The first-order valence-corrected chi connectivity index (χ1v) is 9.22. The molecule has 3 rings (SSSR count). The third-order valence-electron chi connectivity index (χ3n) is 5.43. The highest BCUT2D eigenvalue weighted by Crippen LogP contribution is 2.46. The van der Waals surface area contributed by atoms with Gasteiger partial charge in [0.1, 0.15) is 23.2 Å². The van der Waals surface area contributed by atoms with Crippen molar-refractivity contribution < 1.29 is 40.0 Å². The van der Waals surface area contributed by atoms with Gasteiger partial charge >= 0.3 is 13.1 Å². The molecule has 0 saturated carbocycles. The van der Waals surface area contributed by atoms with E-state index in [0.29, 0.717) is 13.1 Å². The molecule has 1 fully saturated rings. The lowest BCUT2D eigenvalue weighted by Crippen LogP contribution is -2.63. The van der Waals surface area contributed by atoms with Crippen LogP contribution < -0.4 is 10.5 Å². The van der Waals surface area contributed by atoms with Crippen molar-refractivity contribution in [2.75, 3.05) is 32.8 Å². The minimum Gasteiger partial charge on any atom is -0.507 e. The van der Waals surface area contributed by atoms with Crippen LogP contribution in [0.3, 0.4) is 0 Å². The minimum atomic E-state index is -1.61. The van der Waals surface area contributed by atoms with Gasteiger partial charge in [0.05, 0.1) is 18.8 Å². The smallest absolute Gasteiger partial charge is 0.459 e. The first kappa shape index (κ1) is 21.6. The zero-order valence-corrected chi connectivity index (χ0v) is 15.7. The fraction of sp³-hybridized carbons (Fsp3) is 0.500. The van der Waals surface area contributed by atoms with Crippen molar-refractivity contribution >= 4 is 13.1 Å². The van der Waals surface area contributed by atoms with Crippen molar-refractivity contribution in [2.24, 2.45) is 5.73 Å². The Balaban J connectivity index is 1.71. The maximum absolute atomic E-state index is 11.7. The van der Waals surface area contributed by atoms with Gasteiger partial charge in [-0.3, -0.25) is 4.90 Å². The third kappa shape index (κ3) is 4.25. The first-order valence-electron chi connectivity index (χ1n) is 9.22. The summed E-state index contributed by atoms with van der Waals surface area (Å²) in [4.78, 5) is 13.6. The predicted octanol–water partition coefficient (Wildman–Crippen LogP) is -1.67. The van der Waals surface area contributed by atoms with E-state index in [1.54, 1.807) is 12.2 Å². The van der Waals surface area contributed by atoms with E-state index in [9.17, 15) is 35.3 Å². The van der Waals surface area contributed by atoms with Gasteiger partial charge in [-0.25, -0.2) is 4.79 Å². The number of aliphatic hydroxyl groups excluding tert-OH is 2. The standard InChI is InChI=1S/C18H25BN2O8/c20-18(8-22,9-23)7-21-5-10(6-21)29-14-4-2-12(16(24)15(14)17(25)26)11-1-3-13(11)19(27)28/h1-4,10-11,13,22-24,27-28H,5-9,20H2,(H,25,26)/t11-,13-/m1/s1. The van der Waals surface area contributed by atoms with Gasteiger partial charge in [0.2, 0.25) is 0 Å². The number of benzene rings is 1. The number of hydrogen-bond acceptors (Lipinski definition) is 9. The van der Waals surface area contributed by atoms with E-state index < -0.39 is 36.1 Å². The summed E-state index contributed by atoms with van der Waals surface area (Å²) in [6.45, 7) is 0.358. The van der Waals surface area contributed by atoms with E-state index in [1.807, 2.05) is 4.90 Å². The Labute approximate surface area is 167 Å². The molecule has 8 N–H and O–H groups in total. The molecule has 0 aromatic heterocycles. The molecule has 1 saturated heterocycles. The number of likely N-dealkylation sites (tertiary alicyclic amines) is 1. The number of rotatable bonds is 9. The molecule has 1 aliphatic carbocycles. The Kier molecular flexibility index (Phi) is 6.17. The molecule has 2 atom stereocenters. The molecular formula is C18H25BN2O8. The van der Waals surface area contributed by atoms with E-state index in [0.717, 1.165) is 0 Å². The van der Waals surface area contributed by atoms with E-state index in [-0.39, 0.29) is 42.7 Å². The van der Waals surface area contributed by atoms with Crippen LogP contribution in [-0.4, -0.2) is 93.0 Å². The van der Waals surface area contributed by atoms with Crippen LogP contribution in [0.4, 0.5) is 0 Å². The average Bonchev–Trinajstić information content (AvgIpc) is 2.60. The maximum Gasteiger partial charge on any atom is 0.459 e. The number of aromatic hydroxyl groups is 1. The van der Waals surface area contributed by atoms with Gasteiger partial charge < -0.3 is 40.9 Å². The summed E-state index contributed by atoms with van der Waals surface area (Å²) >= 11 is 0. The number of allylic oxidation sites excluding steroid dienone is 2. The summed E-state index contributed by atoms with van der Waals surface area (Å²) in [7, 11) is -1.61. The molecule has 0 amide bonds. The molecule has 0 bridgehead atoms. The summed E-state index contributed by atoms with van der Waals surface area (Å²) in [5.74, 6) is -2.94. The van der Waals surface area contributed by atoms with Crippen molar-refractivity contribution in [3.63, 3.8) is 0 Å². The lowest BCUT2D eigenvalue weighted by molar-refractivity contribution is -0.0121. The number of carboxylic acids is 1. The molecule has 1 aliphatic heterocycles. The summed E-state index contributed by atoms with van der Waals surface area (Å²) in [6.07, 6.45) is 2.91. The molecule has 29 heavy (non-hydrogen) atoms. The van der Waals surface area contributed by atoms with Crippen molar-refractivity contribution in [3.05, 3.63) is 35.4 Å². The molecule has 11 heteroatoms. The van der Waals surface area contributed by atoms with E-state index in [2.05, 4.69) is 0 Å². The Morgan fingerprint density at radius 2 is 1.90 bits per heavy atom. The average molecular weight is 408 g/mol. The van der Waals surface area contributed by atoms with Gasteiger partial charge in [-0.2, -0.15) is 0 Å². The van der Waals surface area contributed by atoms with Crippen LogP contribution in [0.15, 0.2) is 24.3 Å². The van der Waals surface area contributed by atoms with E-state index in [1.165, 1.54) is 12.1 Å². The lowest BCUT2D eigenvalue weighted by atomic mass is 9.58. The minimum absolute atomic E-state index is 0.0103. The molecule has 0 radical (unpaired) electrons. The highest BCUT2D eigenvalue weighted by molar-refractivity contribution is 6.44. The Bertz CT molecular complexity index is 792. The molecule has 0 unspecified atom stereocenters. The lowest BCUT2D eigenvalue weighted by Gasteiger charge is -2.43. The number of aliphatic hydroxyl groups is 2. The Hall–Kier alpha value is -2.15. The molecule has 158 valence electrons. The summed E-state index contributed by atoms with van der Waals surface area (Å²) in [5.41, 5.74) is 4.63. The largest absolute Gasteiger partial charge is 0.507 e. The topological polar surface area (TPSA) is 177 Å². The van der Waals surface area contributed by atoms with Gasteiger partial charge in [0.15, 0.2) is 0 Å².